The van der Waals surface area contributed by atoms with E-state index in [9.17, 15) is 4.79 Å². The van der Waals surface area contributed by atoms with Crippen LogP contribution in [0.5, 0.6) is 0 Å². The summed E-state index contributed by atoms with van der Waals surface area (Å²) >= 11 is 0. The van der Waals surface area contributed by atoms with E-state index in [1.54, 1.807) is 6.08 Å². The largest absolute Gasteiger partial charge is 0.480 e. The molecule has 1 unspecified atom stereocenters. The zero-order valence-corrected chi connectivity index (χ0v) is 11.5. The molecule has 18 heavy (non-hydrogen) atoms. The molecule has 1 saturated heterocycles. The molecule has 1 aliphatic rings. The highest BCUT2D eigenvalue weighted by molar-refractivity contribution is 5.69. The standard InChI is InChI=1S/C14H26N2O2/c1-3-8-15-10-5-6-13(7-11-15)16(9-4-2)12-14(17)18/h4,13H,2-3,5-12H2,1H3,(H,17,18). The van der Waals surface area contributed by atoms with Crippen molar-refractivity contribution in [1.82, 2.24) is 9.80 Å². The first-order chi connectivity index (χ1) is 8.67. The minimum Gasteiger partial charge on any atom is -0.480 e. The Labute approximate surface area is 110 Å². The van der Waals surface area contributed by atoms with Crippen LogP contribution in [0, 0.1) is 0 Å². The van der Waals surface area contributed by atoms with Gasteiger partial charge in [0.2, 0.25) is 0 Å². The fourth-order valence-electron chi connectivity index (χ4n) is 2.73. The van der Waals surface area contributed by atoms with Gasteiger partial charge in [0.15, 0.2) is 0 Å². The van der Waals surface area contributed by atoms with Gasteiger partial charge >= 0.3 is 5.97 Å². The van der Waals surface area contributed by atoms with Crippen LogP contribution in [0.4, 0.5) is 0 Å². The fourth-order valence-corrected chi connectivity index (χ4v) is 2.73. The third-order valence-electron chi connectivity index (χ3n) is 3.55. The second-order valence-electron chi connectivity index (χ2n) is 5.04. The van der Waals surface area contributed by atoms with Crippen molar-refractivity contribution in [3.8, 4) is 0 Å². The SMILES string of the molecule is C=CCN(CC(=O)O)C1CCCN(CCC)CC1. The summed E-state index contributed by atoms with van der Waals surface area (Å²) in [7, 11) is 0. The molecule has 1 heterocycles. The van der Waals surface area contributed by atoms with E-state index in [1.807, 2.05) is 4.90 Å². The number of hydrogen-bond acceptors (Lipinski definition) is 3. The first kappa shape index (κ1) is 15.2. The molecule has 0 saturated carbocycles. The van der Waals surface area contributed by atoms with Gasteiger partial charge in [-0.2, -0.15) is 0 Å². The van der Waals surface area contributed by atoms with Gasteiger partial charge in [0, 0.05) is 12.6 Å². The second kappa shape index (κ2) is 8.27. The lowest BCUT2D eigenvalue weighted by molar-refractivity contribution is -0.138. The average Bonchev–Trinajstić information content (AvgIpc) is 2.54. The van der Waals surface area contributed by atoms with Crippen molar-refractivity contribution in [3.05, 3.63) is 12.7 Å². The van der Waals surface area contributed by atoms with E-state index >= 15 is 0 Å². The van der Waals surface area contributed by atoms with Gasteiger partial charge < -0.3 is 10.0 Å². The van der Waals surface area contributed by atoms with Gasteiger partial charge in [0.1, 0.15) is 0 Å². The van der Waals surface area contributed by atoms with Gasteiger partial charge in [-0.3, -0.25) is 9.69 Å². The molecule has 1 aliphatic heterocycles. The van der Waals surface area contributed by atoms with Gasteiger partial charge in [0.05, 0.1) is 6.54 Å². The molecule has 4 heteroatoms. The van der Waals surface area contributed by atoms with Crippen LogP contribution in [-0.2, 0) is 4.79 Å². The first-order valence-corrected chi connectivity index (χ1v) is 6.96. The number of carboxylic acid groups (broad SMARTS) is 1. The molecule has 0 aromatic heterocycles. The Morgan fingerprint density at radius 2 is 2.28 bits per heavy atom. The molecule has 1 rings (SSSR count). The van der Waals surface area contributed by atoms with Crippen molar-refractivity contribution < 1.29 is 9.90 Å². The van der Waals surface area contributed by atoms with Crippen LogP contribution in [0.25, 0.3) is 0 Å². The lowest BCUT2D eigenvalue weighted by Crippen LogP contribution is -2.39. The van der Waals surface area contributed by atoms with Crippen LogP contribution in [-0.4, -0.2) is 59.6 Å². The molecule has 0 aromatic rings. The quantitative estimate of drug-likeness (QED) is 0.704. The number of carbonyl (C=O) groups is 1. The number of hydrogen-bond donors (Lipinski definition) is 1. The highest BCUT2D eigenvalue weighted by Gasteiger charge is 2.23. The lowest BCUT2D eigenvalue weighted by atomic mass is 10.1. The predicted molar refractivity (Wildman–Crippen MR) is 73.8 cm³/mol. The minimum atomic E-state index is -0.744. The summed E-state index contributed by atoms with van der Waals surface area (Å²) in [4.78, 5) is 15.4. The molecule has 0 aromatic carbocycles. The molecule has 4 nitrogen and oxygen atoms in total. The molecule has 0 bridgehead atoms. The summed E-state index contributed by atoms with van der Waals surface area (Å²) < 4.78 is 0. The fraction of sp³-hybridized carbons (Fsp3) is 0.786. The Bertz CT molecular complexity index is 269. The molecule has 1 atom stereocenters. The zero-order chi connectivity index (χ0) is 13.4. The Kier molecular flexibility index (Phi) is 6.98. The molecule has 0 aliphatic carbocycles. The summed E-state index contributed by atoms with van der Waals surface area (Å²) in [6.45, 7) is 10.1. The second-order valence-corrected chi connectivity index (χ2v) is 5.04. The Morgan fingerprint density at radius 3 is 2.89 bits per heavy atom. The van der Waals surface area contributed by atoms with Crippen LogP contribution in [0.2, 0.25) is 0 Å². The smallest absolute Gasteiger partial charge is 0.317 e. The van der Waals surface area contributed by atoms with Crippen molar-refractivity contribution in [1.29, 1.82) is 0 Å². The number of carboxylic acids is 1. The van der Waals surface area contributed by atoms with Gasteiger partial charge in [-0.05, 0) is 45.3 Å². The maximum Gasteiger partial charge on any atom is 0.317 e. The van der Waals surface area contributed by atoms with Crippen LogP contribution < -0.4 is 0 Å². The average molecular weight is 254 g/mol. The van der Waals surface area contributed by atoms with Gasteiger partial charge in [0.25, 0.3) is 0 Å². The normalized spacial score (nSPS) is 21.8. The monoisotopic (exact) mass is 254 g/mol. The third-order valence-corrected chi connectivity index (χ3v) is 3.55. The summed E-state index contributed by atoms with van der Waals surface area (Å²) in [6.07, 6.45) is 6.33. The van der Waals surface area contributed by atoms with Gasteiger partial charge in [-0.15, -0.1) is 6.58 Å². The number of aliphatic carboxylic acids is 1. The minimum absolute atomic E-state index is 0.129. The van der Waals surface area contributed by atoms with Crippen LogP contribution >= 0.6 is 0 Å². The molecule has 1 fully saturated rings. The van der Waals surface area contributed by atoms with Crippen LogP contribution in [0.3, 0.4) is 0 Å². The third kappa shape index (κ3) is 5.19. The Balaban J connectivity index is 2.51. The van der Waals surface area contributed by atoms with E-state index in [-0.39, 0.29) is 6.54 Å². The van der Waals surface area contributed by atoms with Crippen molar-refractivity contribution in [2.24, 2.45) is 0 Å². The molecular weight excluding hydrogens is 228 g/mol. The van der Waals surface area contributed by atoms with Crippen molar-refractivity contribution in [2.75, 3.05) is 32.7 Å². The maximum atomic E-state index is 10.9. The summed E-state index contributed by atoms with van der Waals surface area (Å²) in [5.74, 6) is -0.744. The summed E-state index contributed by atoms with van der Waals surface area (Å²) in [5.41, 5.74) is 0. The van der Waals surface area contributed by atoms with Gasteiger partial charge in [-0.1, -0.05) is 13.0 Å². The van der Waals surface area contributed by atoms with E-state index < -0.39 is 5.97 Å². The van der Waals surface area contributed by atoms with Crippen LogP contribution in [0.15, 0.2) is 12.7 Å². The molecular formula is C14H26N2O2. The predicted octanol–water partition coefficient (Wildman–Crippen LogP) is 1.82. The highest BCUT2D eigenvalue weighted by atomic mass is 16.4. The lowest BCUT2D eigenvalue weighted by Gasteiger charge is -2.28. The zero-order valence-electron chi connectivity index (χ0n) is 11.5. The summed E-state index contributed by atoms with van der Waals surface area (Å²) in [5, 5.41) is 8.96. The topological polar surface area (TPSA) is 43.8 Å². The van der Waals surface area contributed by atoms with Crippen molar-refractivity contribution >= 4 is 5.97 Å². The maximum absolute atomic E-state index is 10.9. The van der Waals surface area contributed by atoms with E-state index in [1.165, 1.54) is 6.42 Å². The molecule has 0 spiro atoms. The van der Waals surface area contributed by atoms with E-state index in [0.717, 1.165) is 38.9 Å². The van der Waals surface area contributed by atoms with Crippen LogP contribution in [0.1, 0.15) is 32.6 Å². The highest BCUT2D eigenvalue weighted by Crippen LogP contribution is 2.17. The van der Waals surface area contributed by atoms with Gasteiger partial charge in [-0.25, -0.2) is 0 Å². The molecule has 0 amide bonds. The Hall–Kier alpha value is -0.870. The molecule has 0 radical (unpaired) electrons. The van der Waals surface area contributed by atoms with E-state index in [2.05, 4.69) is 18.4 Å². The van der Waals surface area contributed by atoms with E-state index in [0.29, 0.717) is 12.6 Å². The summed E-state index contributed by atoms with van der Waals surface area (Å²) in [6, 6.07) is 0.390. The number of nitrogens with zero attached hydrogens (tertiary/aromatic N) is 2. The van der Waals surface area contributed by atoms with Crippen molar-refractivity contribution in [2.45, 2.75) is 38.6 Å². The van der Waals surface area contributed by atoms with E-state index in [4.69, 9.17) is 5.11 Å². The Morgan fingerprint density at radius 1 is 1.50 bits per heavy atom. The first-order valence-electron chi connectivity index (χ1n) is 6.96. The number of likely N-dealkylation sites (tertiary alicyclic amines) is 1. The molecule has 1 N–H and O–H groups in total. The van der Waals surface area contributed by atoms with Crippen molar-refractivity contribution in [3.63, 3.8) is 0 Å². The number of rotatable bonds is 7. The molecule has 104 valence electrons.